The third-order valence-corrected chi connectivity index (χ3v) is 6.38. The molecule has 4 nitrogen and oxygen atoms in total. The van der Waals surface area contributed by atoms with Crippen molar-refractivity contribution in [3.8, 4) is 0 Å². The van der Waals surface area contributed by atoms with Gasteiger partial charge in [-0.1, -0.05) is 49.6 Å². The third-order valence-electron chi connectivity index (χ3n) is 6.38. The van der Waals surface area contributed by atoms with Crippen molar-refractivity contribution in [2.75, 3.05) is 13.1 Å². The first kappa shape index (κ1) is 18.2. The smallest absolute Gasteiger partial charge is 0.233 e. The molecule has 27 heavy (non-hydrogen) atoms. The summed E-state index contributed by atoms with van der Waals surface area (Å²) in [5.74, 6) is 0.303. The zero-order valence-electron chi connectivity index (χ0n) is 15.8. The number of aromatic nitrogens is 1. The topological polar surface area (TPSA) is 53.4 Å². The number of pyridine rings is 1. The van der Waals surface area contributed by atoms with Crippen LogP contribution in [0.25, 0.3) is 0 Å². The normalized spacial score (nSPS) is 24.7. The van der Waals surface area contributed by atoms with Crippen molar-refractivity contribution >= 4 is 5.91 Å². The number of aliphatic hydroxyl groups is 1. The Hall–Kier alpha value is -2.20. The first-order valence-corrected chi connectivity index (χ1v) is 10.1. The van der Waals surface area contributed by atoms with E-state index in [-0.39, 0.29) is 11.8 Å². The highest BCUT2D eigenvalue weighted by atomic mass is 16.3. The van der Waals surface area contributed by atoms with Crippen LogP contribution in [0.5, 0.6) is 0 Å². The predicted octanol–water partition coefficient (Wildman–Crippen LogP) is 3.35. The lowest BCUT2D eigenvalue weighted by atomic mass is 9.68. The van der Waals surface area contributed by atoms with E-state index < -0.39 is 11.5 Å². The maximum atomic E-state index is 13.7. The molecule has 4 rings (SSSR count). The Morgan fingerprint density at radius 2 is 1.74 bits per heavy atom. The molecule has 2 heterocycles. The van der Waals surface area contributed by atoms with Gasteiger partial charge in [-0.05, 0) is 42.5 Å². The van der Waals surface area contributed by atoms with E-state index in [1.807, 2.05) is 35.2 Å². The van der Waals surface area contributed by atoms with Gasteiger partial charge in [0.25, 0.3) is 0 Å². The van der Waals surface area contributed by atoms with Crippen LogP contribution < -0.4 is 0 Å². The van der Waals surface area contributed by atoms with Gasteiger partial charge in [-0.15, -0.1) is 0 Å². The van der Waals surface area contributed by atoms with Crippen molar-refractivity contribution in [3.63, 3.8) is 0 Å². The number of hydrogen-bond donors (Lipinski definition) is 1. The van der Waals surface area contributed by atoms with Crippen LogP contribution in [0.1, 0.15) is 43.2 Å². The van der Waals surface area contributed by atoms with Gasteiger partial charge in [0, 0.05) is 31.4 Å². The molecule has 4 heteroatoms. The monoisotopic (exact) mass is 364 g/mol. The fraction of sp³-hybridized carbons (Fsp3) is 0.478. The van der Waals surface area contributed by atoms with Gasteiger partial charge in [-0.3, -0.25) is 9.78 Å². The lowest BCUT2D eigenvalue weighted by Crippen LogP contribution is -2.47. The molecule has 2 aromatic rings. The zero-order chi connectivity index (χ0) is 18.7. The van der Waals surface area contributed by atoms with Crippen LogP contribution in [0, 0.1) is 5.92 Å². The summed E-state index contributed by atoms with van der Waals surface area (Å²) in [5, 5.41) is 10.6. The fourth-order valence-electron chi connectivity index (χ4n) is 4.88. The van der Waals surface area contributed by atoms with Gasteiger partial charge in [0.1, 0.15) is 0 Å². The number of β-amino-alcohol motifs (C(OH)–C–C–N with tert-alkyl or cyclic N) is 1. The van der Waals surface area contributed by atoms with E-state index in [9.17, 15) is 9.90 Å². The van der Waals surface area contributed by atoms with E-state index in [0.29, 0.717) is 13.1 Å². The zero-order valence-corrected chi connectivity index (χ0v) is 15.8. The lowest BCUT2D eigenvalue weighted by molar-refractivity contribution is -0.138. The average Bonchev–Trinajstić information content (AvgIpc) is 3.09. The summed E-state index contributed by atoms with van der Waals surface area (Å²) in [6.07, 6.45) is 9.11. The molecular formula is C23H28N2O2. The molecule has 0 radical (unpaired) electrons. The molecule has 1 saturated carbocycles. The molecule has 1 aromatic heterocycles. The van der Waals surface area contributed by atoms with Crippen LogP contribution in [-0.4, -0.2) is 40.1 Å². The SMILES string of the molecule is O=C(N1CC(O)C(Cc2ccncc2)C1)C1(c2ccccc2)CCCCC1. The van der Waals surface area contributed by atoms with Crippen LogP contribution in [0.15, 0.2) is 54.9 Å². The molecule has 0 spiro atoms. The van der Waals surface area contributed by atoms with Crippen LogP contribution in [0.3, 0.4) is 0 Å². The van der Waals surface area contributed by atoms with Gasteiger partial charge in [-0.25, -0.2) is 0 Å². The standard InChI is InChI=1S/C23H28N2O2/c26-21-17-25(16-19(21)15-18-9-13-24-14-10-18)22(27)23(11-5-2-6-12-23)20-7-3-1-4-8-20/h1,3-4,7-10,13-14,19,21,26H,2,5-6,11-12,15-17H2. The van der Waals surface area contributed by atoms with Crippen molar-refractivity contribution in [3.05, 3.63) is 66.0 Å². The number of carbonyl (C=O) groups excluding carboxylic acids is 1. The summed E-state index contributed by atoms with van der Waals surface area (Å²) >= 11 is 0. The highest BCUT2D eigenvalue weighted by molar-refractivity contribution is 5.88. The molecule has 1 saturated heterocycles. The van der Waals surface area contributed by atoms with Crippen molar-refractivity contribution in [1.29, 1.82) is 0 Å². The van der Waals surface area contributed by atoms with Crippen LogP contribution >= 0.6 is 0 Å². The Morgan fingerprint density at radius 1 is 1.04 bits per heavy atom. The van der Waals surface area contributed by atoms with E-state index >= 15 is 0 Å². The molecule has 1 aliphatic heterocycles. The second kappa shape index (κ2) is 7.81. The maximum absolute atomic E-state index is 13.7. The van der Waals surface area contributed by atoms with E-state index in [2.05, 4.69) is 17.1 Å². The number of nitrogens with zero attached hydrogens (tertiary/aromatic N) is 2. The van der Waals surface area contributed by atoms with Gasteiger partial charge < -0.3 is 10.0 Å². The quantitative estimate of drug-likeness (QED) is 0.905. The molecular weight excluding hydrogens is 336 g/mol. The minimum Gasteiger partial charge on any atom is -0.391 e. The summed E-state index contributed by atoms with van der Waals surface area (Å²) in [7, 11) is 0. The van der Waals surface area contributed by atoms with Crippen molar-refractivity contribution in [1.82, 2.24) is 9.88 Å². The summed E-state index contributed by atoms with van der Waals surface area (Å²) in [6.45, 7) is 1.08. The molecule has 0 bridgehead atoms. The lowest BCUT2D eigenvalue weighted by Gasteiger charge is -2.39. The Bertz CT molecular complexity index is 756. The Balaban J connectivity index is 1.54. The molecule has 2 unspecified atom stereocenters. The molecule has 1 aliphatic carbocycles. The van der Waals surface area contributed by atoms with Gasteiger partial charge in [0.2, 0.25) is 5.91 Å². The summed E-state index contributed by atoms with van der Waals surface area (Å²) in [5.41, 5.74) is 1.89. The maximum Gasteiger partial charge on any atom is 0.233 e. The van der Waals surface area contributed by atoms with Gasteiger partial charge in [-0.2, -0.15) is 0 Å². The van der Waals surface area contributed by atoms with E-state index in [4.69, 9.17) is 0 Å². The first-order valence-electron chi connectivity index (χ1n) is 10.1. The molecule has 1 amide bonds. The largest absolute Gasteiger partial charge is 0.391 e. The van der Waals surface area contributed by atoms with Crippen molar-refractivity contribution in [2.24, 2.45) is 5.92 Å². The number of amides is 1. The Kier molecular flexibility index (Phi) is 5.26. The number of likely N-dealkylation sites (tertiary alicyclic amines) is 1. The Morgan fingerprint density at radius 3 is 2.44 bits per heavy atom. The Labute approximate surface area is 161 Å². The number of benzene rings is 1. The van der Waals surface area contributed by atoms with Gasteiger partial charge >= 0.3 is 0 Å². The van der Waals surface area contributed by atoms with Crippen LogP contribution in [0.2, 0.25) is 0 Å². The van der Waals surface area contributed by atoms with E-state index in [1.165, 1.54) is 12.0 Å². The molecule has 1 aromatic carbocycles. The number of carbonyl (C=O) groups is 1. The minimum atomic E-state index is -0.460. The summed E-state index contributed by atoms with van der Waals surface area (Å²) in [6, 6.07) is 14.3. The highest BCUT2D eigenvalue weighted by Crippen LogP contribution is 2.42. The summed E-state index contributed by atoms with van der Waals surface area (Å²) < 4.78 is 0. The summed E-state index contributed by atoms with van der Waals surface area (Å²) in [4.78, 5) is 19.7. The number of aliphatic hydroxyl groups excluding tert-OH is 1. The predicted molar refractivity (Wildman–Crippen MR) is 105 cm³/mol. The highest BCUT2D eigenvalue weighted by Gasteiger charge is 2.46. The van der Waals surface area contributed by atoms with E-state index in [0.717, 1.165) is 37.7 Å². The number of rotatable bonds is 4. The van der Waals surface area contributed by atoms with Gasteiger partial charge in [0.15, 0.2) is 0 Å². The van der Waals surface area contributed by atoms with Crippen molar-refractivity contribution < 1.29 is 9.90 Å². The fourth-order valence-corrected chi connectivity index (χ4v) is 4.88. The van der Waals surface area contributed by atoms with Crippen LogP contribution in [0.4, 0.5) is 0 Å². The molecule has 142 valence electrons. The molecule has 2 fully saturated rings. The van der Waals surface area contributed by atoms with Gasteiger partial charge in [0.05, 0.1) is 11.5 Å². The molecule has 2 atom stereocenters. The van der Waals surface area contributed by atoms with E-state index in [1.54, 1.807) is 12.4 Å². The second-order valence-corrected chi connectivity index (χ2v) is 8.11. The molecule has 2 aliphatic rings. The minimum absolute atomic E-state index is 0.0905. The van der Waals surface area contributed by atoms with Crippen LogP contribution in [-0.2, 0) is 16.6 Å². The average molecular weight is 364 g/mol. The number of hydrogen-bond acceptors (Lipinski definition) is 3. The second-order valence-electron chi connectivity index (χ2n) is 8.11. The third kappa shape index (κ3) is 3.63. The molecule has 1 N–H and O–H groups in total. The van der Waals surface area contributed by atoms with Crippen molar-refractivity contribution in [2.45, 2.75) is 50.0 Å². The first-order chi connectivity index (χ1) is 13.2.